The van der Waals surface area contributed by atoms with Gasteiger partial charge in [0.15, 0.2) is 0 Å². The number of rotatable bonds is 4. The van der Waals surface area contributed by atoms with Gasteiger partial charge in [0.05, 0.1) is 39.7 Å². The van der Waals surface area contributed by atoms with Crippen LogP contribution in [0.4, 0.5) is 11.4 Å². The van der Waals surface area contributed by atoms with Gasteiger partial charge >= 0.3 is 0 Å². The van der Waals surface area contributed by atoms with E-state index in [0.29, 0.717) is 11.4 Å². The molecule has 27 heavy (non-hydrogen) atoms. The van der Waals surface area contributed by atoms with E-state index >= 15 is 0 Å². The van der Waals surface area contributed by atoms with Crippen LogP contribution in [0.3, 0.4) is 0 Å². The Balaban J connectivity index is 1.90. The summed E-state index contributed by atoms with van der Waals surface area (Å²) in [5, 5.41) is 18.2. The molecule has 0 aliphatic carbocycles. The number of nitrogens with zero attached hydrogens (tertiary/aromatic N) is 3. The summed E-state index contributed by atoms with van der Waals surface area (Å²) in [7, 11) is 0. The van der Waals surface area contributed by atoms with Gasteiger partial charge in [0, 0.05) is 12.1 Å². The van der Waals surface area contributed by atoms with Crippen molar-refractivity contribution in [2.45, 2.75) is 51.4 Å². The number of nitrogens with one attached hydrogen (secondary N) is 1. The highest BCUT2D eigenvalue weighted by Crippen LogP contribution is 2.39. The minimum atomic E-state index is -0.508. The van der Waals surface area contributed by atoms with Crippen LogP contribution in [0.1, 0.15) is 34.1 Å². The Labute approximate surface area is 161 Å². The van der Waals surface area contributed by atoms with Crippen LogP contribution >= 0.6 is 11.6 Å². The Hall–Kier alpha value is -2.45. The maximum absolute atomic E-state index is 12.6. The molecule has 1 aliphatic heterocycles. The van der Waals surface area contributed by atoms with E-state index < -0.39 is 16.1 Å². The molecular formula is C18H21ClN4O4. The fraction of sp³-hybridized carbons (Fsp3) is 0.444. The van der Waals surface area contributed by atoms with Crippen molar-refractivity contribution >= 4 is 23.0 Å². The molecule has 0 amide bonds. The maximum Gasteiger partial charge on any atom is 0.292 e. The lowest BCUT2D eigenvalue weighted by atomic mass is 9.94. The fourth-order valence-electron chi connectivity index (χ4n) is 3.41. The van der Waals surface area contributed by atoms with Crippen LogP contribution in [0, 0.1) is 10.1 Å². The molecule has 1 aliphatic rings. The third-order valence-electron chi connectivity index (χ3n) is 4.63. The summed E-state index contributed by atoms with van der Waals surface area (Å²) in [5.41, 5.74) is -0.466. The molecule has 0 spiro atoms. The van der Waals surface area contributed by atoms with Crippen LogP contribution in [-0.2, 0) is 4.74 Å². The number of aromatic nitrogens is 2. The Morgan fingerprint density at radius 3 is 2.44 bits per heavy atom. The first-order valence-corrected chi connectivity index (χ1v) is 8.87. The Bertz CT molecular complexity index is 937. The first kappa shape index (κ1) is 19.3. The first-order valence-electron chi connectivity index (χ1n) is 8.49. The minimum Gasteiger partial charge on any atom is -0.377 e. The predicted molar refractivity (Wildman–Crippen MR) is 103 cm³/mol. The van der Waals surface area contributed by atoms with Crippen molar-refractivity contribution in [1.82, 2.24) is 9.78 Å². The highest BCUT2D eigenvalue weighted by molar-refractivity contribution is 6.33. The van der Waals surface area contributed by atoms with Crippen molar-refractivity contribution in [2.24, 2.45) is 0 Å². The van der Waals surface area contributed by atoms with E-state index in [4.69, 9.17) is 16.3 Å². The Morgan fingerprint density at radius 1 is 1.30 bits per heavy atom. The fourth-order valence-corrected chi connectivity index (χ4v) is 3.59. The average molecular weight is 393 g/mol. The number of non-ortho nitro benzene ring substituents is 1. The van der Waals surface area contributed by atoms with Crippen LogP contribution in [0.15, 0.2) is 35.3 Å². The van der Waals surface area contributed by atoms with E-state index in [1.165, 1.54) is 30.5 Å². The molecule has 8 nitrogen and oxygen atoms in total. The van der Waals surface area contributed by atoms with Gasteiger partial charge in [0.1, 0.15) is 5.02 Å². The van der Waals surface area contributed by atoms with Gasteiger partial charge in [-0.05, 0) is 46.2 Å². The zero-order valence-electron chi connectivity index (χ0n) is 15.5. The maximum atomic E-state index is 12.6. The van der Waals surface area contributed by atoms with Crippen LogP contribution in [0.2, 0.25) is 5.02 Å². The molecule has 1 fully saturated rings. The minimum absolute atomic E-state index is 0.00357. The molecule has 2 heterocycles. The van der Waals surface area contributed by atoms with Crippen molar-refractivity contribution in [3.63, 3.8) is 0 Å². The van der Waals surface area contributed by atoms with Crippen molar-refractivity contribution in [3.05, 3.63) is 56.0 Å². The number of hydrogen-bond donors (Lipinski definition) is 1. The standard InChI is InChI=1S/C18H21ClN4O4/c1-17(2)9-14(18(3,4)27-17)21-13-10-20-22(16(24)15(13)19)11-5-7-12(8-6-11)23(25)26/h5-8,10,14,21H,9H2,1-4H3. The van der Waals surface area contributed by atoms with E-state index in [0.717, 1.165) is 11.1 Å². The summed E-state index contributed by atoms with van der Waals surface area (Å²) in [6, 6.07) is 5.48. The van der Waals surface area contributed by atoms with Gasteiger partial charge in [0.25, 0.3) is 11.2 Å². The van der Waals surface area contributed by atoms with Crippen LogP contribution < -0.4 is 10.9 Å². The van der Waals surface area contributed by atoms with E-state index in [1.54, 1.807) is 0 Å². The highest BCUT2D eigenvalue weighted by Gasteiger charge is 2.46. The number of nitro benzene ring substituents is 1. The quantitative estimate of drug-likeness (QED) is 0.631. The summed E-state index contributed by atoms with van der Waals surface area (Å²) >= 11 is 6.29. The number of halogens is 1. The molecular weight excluding hydrogens is 372 g/mol. The molecule has 0 radical (unpaired) electrons. The summed E-state index contributed by atoms with van der Waals surface area (Å²) in [6.07, 6.45) is 2.23. The number of benzene rings is 1. The lowest BCUT2D eigenvalue weighted by molar-refractivity contribution is -0.384. The van der Waals surface area contributed by atoms with Gasteiger partial charge in [-0.15, -0.1) is 0 Å². The van der Waals surface area contributed by atoms with E-state index in [9.17, 15) is 14.9 Å². The molecule has 1 aromatic carbocycles. The third-order valence-corrected chi connectivity index (χ3v) is 4.99. The van der Waals surface area contributed by atoms with Crippen molar-refractivity contribution in [3.8, 4) is 5.69 Å². The number of ether oxygens (including phenoxy) is 1. The first-order chi connectivity index (χ1) is 12.5. The zero-order valence-corrected chi connectivity index (χ0v) is 16.3. The van der Waals surface area contributed by atoms with Gasteiger partial charge in [-0.1, -0.05) is 11.6 Å². The molecule has 3 rings (SSSR count). The Kier molecular flexibility index (Phi) is 4.73. The second-order valence-corrected chi connectivity index (χ2v) is 8.11. The monoisotopic (exact) mass is 392 g/mol. The molecule has 1 unspecified atom stereocenters. The van der Waals surface area contributed by atoms with Crippen molar-refractivity contribution in [1.29, 1.82) is 0 Å². The van der Waals surface area contributed by atoms with E-state index in [1.807, 2.05) is 27.7 Å². The summed E-state index contributed by atoms with van der Waals surface area (Å²) in [4.78, 5) is 22.9. The third kappa shape index (κ3) is 3.81. The normalized spacial score (nSPS) is 20.4. The van der Waals surface area contributed by atoms with Crippen molar-refractivity contribution in [2.75, 3.05) is 5.32 Å². The van der Waals surface area contributed by atoms with Crippen LogP contribution in [0.25, 0.3) is 5.69 Å². The number of nitro groups is 1. The molecule has 144 valence electrons. The van der Waals surface area contributed by atoms with Crippen LogP contribution in [-0.4, -0.2) is 31.9 Å². The Morgan fingerprint density at radius 2 is 1.93 bits per heavy atom. The van der Waals surface area contributed by atoms with Crippen LogP contribution in [0.5, 0.6) is 0 Å². The van der Waals surface area contributed by atoms with Gasteiger partial charge < -0.3 is 10.1 Å². The number of hydrogen-bond acceptors (Lipinski definition) is 6. The topological polar surface area (TPSA) is 99.3 Å². The summed E-state index contributed by atoms with van der Waals surface area (Å²) in [6.45, 7) is 8.00. The average Bonchev–Trinajstić information content (AvgIpc) is 2.79. The van der Waals surface area contributed by atoms with Gasteiger partial charge in [0.2, 0.25) is 0 Å². The SMILES string of the molecule is CC1(C)CC(Nc2cnn(-c3ccc([N+](=O)[O-])cc3)c(=O)c2Cl)C(C)(C)O1. The van der Waals surface area contributed by atoms with E-state index in [-0.39, 0.29) is 22.4 Å². The second kappa shape index (κ2) is 6.61. The molecule has 1 atom stereocenters. The second-order valence-electron chi connectivity index (χ2n) is 7.73. The zero-order chi connectivity index (χ0) is 20.0. The molecule has 1 saturated heterocycles. The van der Waals surface area contributed by atoms with Gasteiger partial charge in [-0.25, -0.2) is 0 Å². The summed E-state index contributed by atoms with van der Waals surface area (Å²) < 4.78 is 7.16. The molecule has 0 bridgehead atoms. The summed E-state index contributed by atoms with van der Waals surface area (Å²) in [5.74, 6) is 0. The number of anilines is 1. The molecule has 0 saturated carbocycles. The molecule has 1 N–H and O–H groups in total. The highest BCUT2D eigenvalue weighted by atomic mass is 35.5. The predicted octanol–water partition coefficient (Wildman–Crippen LogP) is 3.55. The van der Waals surface area contributed by atoms with Crippen molar-refractivity contribution < 1.29 is 9.66 Å². The smallest absolute Gasteiger partial charge is 0.292 e. The molecule has 1 aromatic heterocycles. The van der Waals surface area contributed by atoms with Gasteiger partial charge in [-0.2, -0.15) is 9.78 Å². The lowest BCUT2D eigenvalue weighted by Crippen LogP contribution is -2.38. The lowest BCUT2D eigenvalue weighted by Gasteiger charge is -2.28. The molecule has 2 aromatic rings. The van der Waals surface area contributed by atoms with Gasteiger partial charge in [-0.3, -0.25) is 14.9 Å². The van der Waals surface area contributed by atoms with E-state index in [2.05, 4.69) is 10.4 Å². The molecule has 9 heteroatoms. The largest absolute Gasteiger partial charge is 0.377 e.